The Morgan fingerprint density at radius 2 is 1.94 bits per heavy atom. The van der Waals surface area contributed by atoms with Crippen LogP contribution in [0.15, 0.2) is 55.4 Å². The minimum absolute atomic E-state index is 0.206. The van der Waals surface area contributed by atoms with Gasteiger partial charge in [0, 0.05) is 26.2 Å². The van der Waals surface area contributed by atoms with Crippen molar-refractivity contribution < 1.29 is 9.90 Å². The van der Waals surface area contributed by atoms with Gasteiger partial charge < -0.3 is 25.2 Å². The number of aliphatic hydroxyl groups is 1. The topological polar surface area (TPSA) is 108 Å². The van der Waals surface area contributed by atoms with E-state index in [-0.39, 0.29) is 12.1 Å². The quantitative estimate of drug-likeness (QED) is 0.470. The van der Waals surface area contributed by atoms with Crippen LogP contribution in [0.3, 0.4) is 0 Å². The SMILES string of the molecule is C=C(CN(C)C(=O)NC)c1c(C)ncn1[C@H](C)C(O)Nc1ccc(-c2ccccc2)nn1. The zero-order valence-electron chi connectivity index (χ0n) is 18.8. The average molecular weight is 436 g/mol. The predicted molar refractivity (Wildman–Crippen MR) is 125 cm³/mol. The van der Waals surface area contributed by atoms with Crippen molar-refractivity contribution in [1.29, 1.82) is 0 Å². The number of carbonyl (C=O) groups excluding carboxylic acids is 1. The Balaban J connectivity index is 1.72. The third kappa shape index (κ3) is 5.12. The number of hydrogen-bond donors (Lipinski definition) is 3. The van der Waals surface area contributed by atoms with Crippen LogP contribution in [0.25, 0.3) is 16.8 Å². The van der Waals surface area contributed by atoms with Gasteiger partial charge in [-0.1, -0.05) is 36.9 Å². The zero-order valence-corrected chi connectivity index (χ0v) is 18.8. The second-order valence-electron chi connectivity index (χ2n) is 7.60. The summed E-state index contributed by atoms with van der Waals surface area (Å²) < 4.78 is 1.85. The first-order valence-corrected chi connectivity index (χ1v) is 10.3. The molecule has 0 saturated carbocycles. The van der Waals surface area contributed by atoms with Gasteiger partial charge in [-0.15, -0.1) is 10.2 Å². The van der Waals surface area contributed by atoms with Gasteiger partial charge in [-0.25, -0.2) is 9.78 Å². The fraction of sp³-hybridized carbons (Fsp3) is 0.304. The minimum atomic E-state index is -0.955. The molecule has 2 heterocycles. The van der Waals surface area contributed by atoms with Gasteiger partial charge in [0.1, 0.15) is 6.23 Å². The number of rotatable bonds is 8. The Hall–Kier alpha value is -3.72. The zero-order chi connectivity index (χ0) is 23.3. The molecule has 0 aliphatic heterocycles. The van der Waals surface area contributed by atoms with Gasteiger partial charge in [-0.3, -0.25) is 0 Å². The lowest BCUT2D eigenvalue weighted by Crippen LogP contribution is -2.36. The van der Waals surface area contributed by atoms with Crippen LogP contribution >= 0.6 is 0 Å². The number of benzene rings is 1. The van der Waals surface area contributed by atoms with Gasteiger partial charge in [-0.2, -0.15) is 0 Å². The van der Waals surface area contributed by atoms with E-state index in [0.29, 0.717) is 12.4 Å². The molecule has 9 heteroatoms. The lowest BCUT2D eigenvalue weighted by atomic mass is 10.1. The molecule has 2 amide bonds. The smallest absolute Gasteiger partial charge is 0.317 e. The molecule has 3 aromatic rings. The molecule has 1 aromatic carbocycles. The number of urea groups is 1. The summed E-state index contributed by atoms with van der Waals surface area (Å²) in [7, 11) is 3.27. The number of aromatic nitrogens is 4. The van der Waals surface area contributed by atoms with E-state index in [1.165, 1.54) is 4.90 Å². The van der Waals surface area contributed by atoms with Crippen LogP contribution < -0.4 is 10.6 Å². The molecule has 0 aliphatic carbocycles. The van der Waals surface area contributed by atoms with Crippen molar-refractivity contribution in [3.8, 4) is 11.3 Å². The Bertz CT molecular complexity index is 1060. The largest absolute Gasteiger partial charge is 0.372 e. The normalized spacial score (nSPS) is 12.7. The van der Waals surface area contributed by atoms with Gasteiger partial charge >= 0.3 is 6.03 Å². The summed E-state index contributed by atoms with van der Waals surface area (Å²) in [5, 5.41) is 24.8. The standard InChI is InChI=1S/C23H29N7O2/c1-15(13-29(5)23(32)24-4)21-16(2)25-14-30(21)17(3)22(31)26-20-12-11-19(27-28-20)18-9-7-6-8-10-18/h6-12,14,17,22,31H,1,13H2,2-5H3,(H,24,32)(H,26,28)/t17-,22?/m1/s1. The average Bonchev–Trinajstić information content (AvgIpc) is 3.20. The van der Waals surface area contributed by atoms with Gasteiger partial charge in [0.2, 0.25) is 0 Å². The van der Waals surface area contributed by atoms with Crippen LogP contribution in [0.5, 0.6) is 0 Å². The Morgan fingerprint density at radius 1 is 1.22 bits per heavy atom. The number of likely N-dealkylation sites (N-methyl/N-ethyl adjacent to an activating group) is 1. The van der Waals surface area contributed by atoms with E-state index in [4.69, 9.17) is 0 Å². The second kappa shape index (κ2) is 10.1. The number of amides is 2. The number of nitrogens with one attached hydrogen (secondary N) is 2. The molecule has 0 bridgehead atoms. The monoisotopic (exact) mass is 435 g/mol. The summed E-state index contributed by atoms with van der Waals surface area (Å²) in [5.41, 5.74) is 3.99. The van der Waals surface area contributed by atoms with Crippen molar-refractivity contribution in [2.24, 2.45) is 0 Å². The molecule has 168 valence electrons. The summed E-state index contributed by atoms with van der Waals surface area (Å²) >= 11 is 0. The Morgan fingerprint density at radius 3 is 2.56 bits per heavy atom. The van der Waals surface area contributed by atoms with Crippen molar-refractivity contribution in [3.05, 3.63) is 66.8 Å². The van der Waals surface area contributed by atoms with Crippen LogP contribution in [0.1, 0.15) is 24.4 Å². The first kappa shape index (κ1) is 23.0. The van der Waals surface area contributed by atoms with Crippen molar-refractivity contribution in [2.45, 2.75) is 26.1 Å². The van der Waals surface area contributed by atoms with Crippen molar-refractivity contribution >= 4 is 17.4 Å². The summed E-state index contributed by atoms with van der Waals surface area (Å²) in [5.74, 6) is 0.459. The maximum atomic E-state index is 11.8. The molecule has 0 aliphatic rings. The van der Waals surface area contributed by atoms with Crippen LogP contribution in [-0.2, 0) is 0 Å². The molecule has 9 nitrogen and oxygen atoms in total. The maximum absolute atomic E-state index is 11.8. The molecule has 32 heavy (non-hydrogen) atoms. The molecule has 0 fully saturated rings. The van der Waals surface area contributed by atoms with E-state index < -0.39 is 6.23 Å². The molecule has 0 radical (unpaired) electrons. The van der Waals surface area contributed by atoms with E-state index in [2.05, 4.69) is 32.4 Å². The van der Waals surface area contributed by atoms with E-state index in [1.807, 2.05) is 54.8 Å². The lowest BCUT2D eigenvalue weighted by Gasteiger charge is -2.25. The number of anilines is 1. The molecule has 2 atom stereocenters. The van der Waals surface area contributed by atoms with Crippen LogP contribution in [0, 0.1) is 6.92 Å². The van der Waals surface area contributed by atoms with E-state index in [9.17, 15) is 9.90 Å². The number of nitrogens with zero attached hydrogens (tertiary/aromatic N) is 5. The number of carbonyl (C=O) groups is 1. The summed E-state index contributed by atoms with van der Waals surface area (Å²) in [6.07, 6.45) is 0.707. The molecule has 3 rings (SSSR count). The fourth-order valence-corrected chi connectivity index (χ4v) is 3.42. The first-order valence-electron chi connectivity index (χ1n) is 10.3. The molecule has 1 unspecified atom stereocenters. The summed E-state index contributed by atoms with van der Waals surface area (Å²) in [6, 6.07) is 12.8. The molecule has 3 N–H and O–H groups in total. The molecule has 2 aromatic heterocycles. The van der Waals surface area contributed by atoms with Crippen LogP contribution in [0.2, 0.25) is 0 Å². The Kier molecular flexibility index (Phi) is 7.21. The van der Waals surface area contributed by atoms with Gasteiger partial charge in [-0.05, 0) is 31.6 Å². The van der Waals surface area contributed by atoms with E-state index in [1.54, 1.807) is 26.5 Å². The second-order valence-corrected chi connectivity index (χ2v) is 7.60. The van der Waals surface area contributed by atoms with Crippen LogP contribution in [0.4, 0.5) is 10.6 Å². The van der Waals surface area contributed by atoms with Gasteiger partial charge in [0.15, 0.2) is 5.82 Å². The highest BCUT2D eigenvalue weighted by Crippen LogP contribution is 2.24. The van der Waals surface area contributed by atoms with Gasteiger partial charge in [0.25, 0.3) is 0 Å². The Labute approximate surface area is 187 Å². The van der Waals surface area contributed by atoms with E-state index >= 15 is 0 Å². The van der Waals surface area contributed by atoms with Gasteiger partial charge in [0.05, 0.1) is 29.5 Å². The van der Waals surface area contributed by atoms with Crippen LogP contribution in [-0.4, -0.2) is 62.7 Å². The lowest BCUT2D eigenvalue weighted by molar-refractivity contribution is 0.146. The third-order valence-electron chi connectivity index (χ3n) is 5.23. The molecule has 0 saturated heterocycles. The minimum Gasteiger partial charge on any atom is -0.372 e. The number of aliphatic hydroxyl groups excluding tert-OH is 1. The maximum Gasteiger partial charge on any atom is 0.317 e. The molecule has 0 spiro atoms. The molecular weight excluding hydrogens is 406 g/mol. The highest BCUT2D eigenvalue weighted by Gasteiger charge is 2.23. The third-order valence-corrected chi connectivity index (χ3v) is 5.23. The predicted octanol–water partition coefficient (Wildman–Crippen LogP) is 2.92. The van der Waals surface area contributed by atoms with E-state index in [0.717, 1.165) is 28.2 Å². The number of imidazole rings is 1. The number of aryl methyl sites for hydroxylation is 1. The van der Waals surface area contributed by atoms with Crippen molar-refractivity contribution in [1.82, 2.24) is 30.0 Å². The van der Waals surface area contributed by atoms with Crippen molar-refractivity contribution in [2.75, 3.05) is 26.0 Å². The summed E-state index contributed by atoms with van der Waals surface area (Å²) in [4.78, 5) is 17.7. The highest BCUT2D eigenvalue weighted by atomic mass is 16.3. The highest BCUT2D eigenvalue weighted by molar-refractivity contribution is 5.76. The first-order chi connectivity index (χ1) is 15.3. The molecular formula is C23H29N7O2. The fourth-order valence-electron chi connectivity index (χ4n) is 3.42. The van der Waals surface area contributed by atoms with Crippen molar-refractivity contribution in [3.63, 3.8) is 0 Å². The number of hydrogen-bond acceptors (Lipinski definition) is 6. The summed E-state index contributed by atoms with van der Waals surface area (Å²) in [6.45, 7) is 8.20.